The average Bonchev–Trinajstić information content (AvgIpc) is 4.08. The molecule has 3 aromatic carbocycles. The number of hydrogen-bond donors (Lipinski definition) is 5. The largest absolute Gasteiger partial charge is 0.490 e. The van der Waals surface area contributed by atoms with Crippen LogP contribution in [0.15, 0.2) is 87.1 Å². The Morgan fingerprint density at radius 3 is 2.42 bits per heavy atom. The number of ether oxygens (including phenoxy) is 3. The lowest BCUT2D eigenvalue weighted by Gasteiger charge is -2.35. The first kappa shape index (κ1) is 50.3. The predicted molar refractivity (Wildman–Crippen MR) is 258 cm³/mol. The van der Waals surface area contributed by atoms with Crippen LogP contribution in [0.5, 0.6) is 5.75 Å². The van der Waals surface area contributed by atoms with Crippen LogP contribution in [0.25, 0.3) is 32.7 Å². The number of nitrogens with one attached hydrogen (secondary N) is 3. The summed E-state index contributed by atoms with van der Waals surface area (Å²) in [7, 11) is 0. The number of thiazole rings is 1. The number of amides is 4. The number of amidine groups is 1. The molecule has 3 atom stereocenters. The number of aromatic nitrogens is 2. The Hall–Kier alpha value is -6.61. The van der Waals surface area contributed by atoms with Gasteiger partial charge in [-0.25, -0.2) is 4.98 Å². The first-order valence-electron chi connectivity index (χ1n) is 23.0. The van der Waals surface area contributed by atoms with Crippen LogP contribution in [0, 0.1) is 17.7 Å². The van der Waals surface area contributed by atoms with Crippen molar-refractivity contribution in [2.45, 2.75) is 90.6 Å². The van der Waals surface area contributed by atoms with E-state index < -0.39 is 29.5 Å². The normalized spacial score (nSPS) is 17.1. The molecular weight excluding hydrogens is 905 g/mol. The molecule has 5 aromatic rings. The van der Waals surface area contributed by atoms with E-state index in [1.165, 1.54) is 4.90 Å². The van der Waals surface area contributed by atoms with Gasteiger partial charge in [0.25, 0.3) is 0 Å². The second-order valence-electron chi connectivity index (χ2n) is 18.2. The zero-order valence-electron chi connectivity index (χ0n) is 39.3. The van der Waals surface area contributed by atoms with Crippen LogP contribution in [0.1, 0.15) is 69.7 Å². The maximum Gasteiger partial charge on any atom is 0.246 e. The SMILES string of the molecule is Cc1ncsc1-c1ccc(CNC(=O)[C@@H]2C[C@@H](O)CN2C(=O)[C@@H](NC(=O)CCOCCOCCC(=O)N2CCC(Oc3cccc(-c4onc5ccc(C(=N)N=NN)cc45)c3)CC2)C(C)(C)C)cc1. The maximum atomic E-state index is 14.0. The number of carbonyl (C=O) groups is 4. The molecule has 0 unspecified atom stereocenters. The summed E-state index contributed by atoms with van der Waals surface area (Å²) in [6, 6.07) is 18.7. The van der Waals surface area contributed by atoms with Gasteiger partial charge in [-0.3, -0.25) is 24.6 Å². The second kappa shape index (κ2) is 23.1. The van der Waals surface area contributed by atoms with E-state index in [0.717, 1.165) is 27.3 Å². The number of aliphatic hydroxyl groups is 1. The minimum atomic E-state index is -0.952. The molecule has 2 fully saturated rings. The van der Waals surface area contributed by atoms with Crippen molar-refractivity contribution in [1.29, 1.82) is 5.41 Å². The van der Waals surface area contributed by atoms with E-state index >= 15 is 0 Å². The summed E-state index contributed by atoms with van der Waals surface area (Å²) in [5, 5.41) is 36.1. The molecule has 0 bridgehead atoms. The minimum absolute atomic E-state index is 0.00574. The van der Waals surface area contributed by atoms with Crippen LogP contribution in [0.4, 0.5) is 0 Å². The van der Waals surface area contributed by atoms with E-state index in [9.17, 15) is 24.3 Å². The maximum absolute atomic E-state index is 14.0. The standard InChI is InChI=1S/C49H60N10O9S/c1-30-44(69-29-53-30)32-10-8-31(9-11-32)27-52-47(63)40-26-35(60)28-59(40)48(64)45(49(2,3)4)54-41(61)16-20-65-22-23-66-21-17-42(62)58-18-14-36(15-19-58)67-37-7-5-6-33(24-37)43-38-25-34(46(50)55-57-51)12-13-39(38)56-68-43/h5-13,24-25,29,35-36,40,45,60H,14-23,26-28H2,1-4H3,(H,52,63)(H,54,61)(H3,50,51,55)/t35-,40+,45-/m1/s1. The predicted octanol–water partition coefficient (Wildman–Crippen LogP) is 5.57. The lowest BCUT2D eigenvalue weighted by molar-refractivity contribution is -0.144. The van der Waals surface area contributed by atoms with Crippen LogP contribution in [-0.2, 0) is 35.2 Å². The van der Waals surface area contributed by atoms with Crippen molar-refractivity contribution in [2.24, 2.45) is 21.6 Å². The lowest BCUT2D eigenvalue weighted by atomic mass is 9.85. The van der Waals surface area contributed by atoms with Gasteiger partial charge in [0.2, 0.25) is 23.6 Å². The molecule has 366 valence electrons. The zero-order chi connectivity index (χ0) is 49.1. The highest BCUT2D eigenvalue weighted by atomic mass is 32.1. The number of likely N-dealkylation sites (tertiary alicyclic amines) is 2. The summed E-state index contributed by atoms with van der Waals surface area (Å²) in [6.07, 6.45) is 0.686. The Morgan fingerprint density at radius 2 is 1.72 bits per heavy atom. The molecule has 7 rings (SSSR count). The molecule has 4 heterocycles. The smallest absolute Gasteiger partial charge is 0.246 e. The summed E-state index contributed by atoms with van der Waals surface area (Å²) in [5.74, 6) is 5.03. The lowest BCUT2D eigenvalue weighted by Crippen LogP contribution is -2.57. The van der Waals surface area contributed by atoms with Crippen LogP contribution in [0.3, 0.4) is 0 Å². The fourth-order valence-corrected chi connectivity index (χ4v) is 9.17. The molecule has 69 heavy (non-hydrogen) atoms. The Morgan fingerprint density at radius 1 is 0.986 bits per heavy atom. The highest BCUT2D eigenvalue weighted by Crippen LogP contribution is 2.33. The molecule has 2 aliphatic heterocycles. The number of benzene rings is 3. The second-order valence-corrected chi connectivity index (χ2v) is 19.1. The van der Waals surface area contributed by atoms with Crippen LogP contribution >= 0.6 is 11.3 Å². The summed E-state index contributed by atoms with van der Waals surface area (Å²) in [4.78, 5) is 62.1. The van der Waals surface area contributed by atoms with Gasteiger partial charge in [0, 0.05) is 63.0 Å². The van der Waals surface area contributed by atoms with Crippen molar-refractivity contribution < 1.29 is 43.0 Å². The van der Waals surface area contributed by atoms with Crippen molar-refractivity contribution in [2.75, 3.05) is 46.1 Å². The molecule has 0 saturated carbocycles. The van der Waals surface area contributed by atoms with E-state index in [2.05, 4.69) is 31.1 Å². The molecular formula is C49H60N10O9S. The van der Waals surface area contributed by atoms with Gasteiger partial charge in [-0.1, -0.05) is 67.5 Å². The van der Waals surface area contributed by atoms with Crippen molar-refractivity contribution in [3.63, 3.8) is 0 Å². The number of β-amino-alcohol motifs (C(OH)–C–C–N with tert-alkyl or cyclic N) is 1. The Kier molecular flexibility index (Phi) is 16.9. The number of fused-ring (bicyclic) bond motifs is 1. The number of nitrogens with two attached hydrogens (primary N) is 1. The topological polar surface area (TPSA) is 260 Å². The number of hydrogen-bond acceptors (Lipinski definition) is 14. The molecule has 0 aliphatic carbocycles. The van der Waals surface area contributed by atoms with Gasteiger partial charge < -0.3 is 50.1 Å². The molecule has 4 amide bonds. The van der Waals surface area contributed by atoms with Gasteiger partial charge in [-0.2, -0.15) is 0 Å². The molecule has 0 radical (unpaired) electrons. The van der Waals surface area contributed by atoms with E-state index in [0.29, 0.717) is 53.9 Å². The summed E-state index contributed by atoms with van der Waals surface area (Å²) in [5.41, 5.74) is 5.92. The van der Waals surface area contributed by atoms with Crippen molar-refractivity contribution in [3.8, 4) is 27.5 Å². The highest BCUT2D eigenvalue weighted by molar-refractivity contribution is 7.13. The molecule has 2 saturated heterocycles. The van der Waals surface area contributed by atoms with Crippen molar-refractivity contribution in [3.05, 3.63) is 89.1 Å². The van der Waals surface area contributed by atoms with Crippen molar-refractivity contribution >= 4 is 51.7 Å². The molecule has 2 aromatic heterocycles. The number of aryl methyl sites for hydroxylation is 1. The average molecular weight is 965 g/mol. The van der Waals surface area contributed by atoms with Gasteiger partial charge in [0.1, 0.15) is 29.5 Å². The first-order chi connectivity index (χ1) is 33.2. The van der Waals surface area contributed by atoms with E-state index in [4.69, 9.17) is 30.0 Å². The summed E-state index contributed by atoms with van der Waals surface area (Å²) in [6.45, 7) is 9.57. The van der Waals surface area contributed by atoms with Gasteiger partial charge in [0.15, 0.2) is 11.6 Å². The third-order valence-electron chi connectivity index (χ3n) is 12.1. The monoisotopic (exact) mass is 964 g/mol. The quantitative estimate of drug-likeness (QED) is 0.0170. The molecule has 2 aliphatic rings. The summed E-state index contributed by atoms with van der Waals surface area (Å²) < 4.78 is 23.3. The fraction of sp³-hybridized carbons (Fsp3) is 0.449. The van der Waals surface area contributed by atoms with E-state index in [1.54, 1.807) is 29.5 Å². The number of piperidine rings is 1. The molecule has 19 nitrogen and oxygen atoms in total. The molecule has 6 N–H and O–H groups in total. The van der Waals surface area contributed by atoms with Gasteiger partial charge in [-0.15, -0.1) is 16.5 Å². The zero-order valence-corrected chi connectivity index (χ0v) is 40.1. The molecule has 20 heteroatoms. The minimum Gasteiger partial charge on any atom is -0.490 e. The third-order valence-corrected chi connectivity index (χ3v) is 13.1. The summed E-state index contributed by atoms with van der Waals surface area (Å²) >= 11 is 1.57. The Labute approximate surface area is 404 Å². The van der Waals surface area contributed by atoms with Gasteiger partial charge in [0.05, 0.1) is 60.4 Å². The number of aliphatic hydroxyl groups excluding tert-OH is 1. The van der Waals surface area contributed by atoms with Gasteiger partial charge >= 0.3 is 0 Å². The molecule has 0 spiro atoms. The Balaban J connectivity index is 0.775. The van der Waals surface area contributed by atoms with Crippen molar-refractivity contribution in [1.82, 2.24) is 30.6 Å². The highest BCUT2D eigenvalue weighted by Gasteiger charge is 2.44. The van der Waals surface area contributed by atoms with Crippen LogP contribution < -0.4 is 21.2 Å². The van der Waals surface area contributed by atoms with Crippen LogP contribution in [0.2, 0.25) is 0 Å². The Bertz CT molecular complexity index is 2620. The van der Waals surface area contributed by atoms with E-state index in [1.807, 2.05) is 86.6 Å². The number of carbonyl (C=O) groups excluding carboxylic acids is 4. The fourth-order valence-electron chi connectivity index (χ4n) is 8.36. The van der Waals surface area contributed by atoms with E-state index in [-0.39, 0.29) is 88.4 Å². The van der Waals surface area contributed by atoms with Gasteiger partial charge in [-0.05, 0) is 53.8 Å². The number of rotatable bonds is 19. The number of nitrogens with zero attached hydrogens (tertiary/aromatic N) is 6. The van der Waals surface area contributed by atoms with Crippen LogP contribution in [-0.4, -0.2) is 125 Å². The first-order valence-corrected chi connectivity index (χ1v) is 23.9. The third kappa shape index (κ3) is 13.1.